The number of hydrogen-bond acceptors (Lipinski definition) is 4. The van der Waals surface area contributed by atoms with Crippen molar-refractivity contribution in [2.45, 2.75) is 19.8 Å². The number of nitrogens with zero attached hydrogens (tertiary/aromatic N) is 2. The molecule has 88 valence electrons. The third-order valence-electron chi connectivity index (χ3n) is 2.34. The first-order valence-corrected chi connectivity index (χ1v) is 4.91. The Hall–Kier alpha value is -2.42. The van der Waals surface area contributed by atoms with E-state index in [0.717, 1.165) is 0 Å². The van der Waals surface area contributed by atoms with Gasteiger partial charge in [0.1, 0.15) is 0 Å². The summed E-state index contributed by atoms with van der Waals surface area (Å²) in [5.41, 5.74) is 0.607. The Morgan fingerprint density at radius 1 is 1.59 bits per heavy atom. The van der Waals surface area contributed by atoms with Crippen molar-refractivity contribution in [3.8, 4) is 6.07 Å². The molecule has 0 unspecified atom stereocenters. The van der Waals surface area contributed by atoms with Gasteiger partial charge in [0.15, 0.2) is 0 Å². The largest absolute Gasteiger partial charge is 0.481 e. The first-order valence-electron chi connectivity index (χ1n) is 4.91. The normalized spacial score (nSPS) is 9.65. The van der Waals surface area contributed by atoms with Crippen molar-refractivity contribution in [3.05, 3.63) is 38.9 Å². The molecule has 1 aromatic rings. The second kappa shape index (κ2) is 5.07. The van der Waals surface area contributed by atoms with Gasteiger partial charge >= 0.3 is 5.97 Å². The van der Waals surface area contributed by atoms with Gasteiger partial charge in [0.25, 0.3) is 5.69 Å². The molecular weight excluding hydrogens is 224 g/mol. The van der Waals surface area contributed by atoms with Crippen LogP contribution in [0.15, 0.2) is 12.1 Å². The van der Waals surface area contributed by atoms with Gasteiger partial charge in [-0.25, -0.2) is 0 Å². The molecule has 0 bridgehead atoms. The zero-order chi connectivity index (χ0) is 13.0. The Morgan fingerprint density at radius 2 is 2.24 bits per heavy atom. The number of rotatable bonds is 4. The van der Waals surface area contributed by atoms with E-state index in [2.05, 4.69) is 0 Å². The summed E-state index contributed by atoms with van der Waals surface area (Å²) in [6.07, 6.45) is 0.0319. The molecule has 0 amide bonds. The van der Waals surface area contributed by atoms with Crippen LogP contribution in [0.4, 0.5) is 5.69 Å². The summed E-state index contributed by atoms with van der Waals surface area (Å²) in [5, 5.41) is 28.3. The summed E-state index contributed by atoms with van der Waals surface area (Å²) in [6, 6.07) is 4.35. The lowest BCUT2D eigenvalue weighted by Crippen LogP contribution is -2.06. The highest BCUT2D eigenvalue weighted by atomic mass is 16.6. The minimum absolute atomic E-state index is 0.102. The number of hydrogen-bond donors (Lipinski definition) is 1. The van der Waals surface area contributed by atoms with E-state index in [1.54, 1.807) is 13.0 Å². The third kappa shape index (κ3) is 2.78. The van der Waals surface area contributed by atoms with Crippen molar-refractivity contribution in [3.63, 3.8) is 0 Å². The molecule has 0 aliphatic rings. The summed E-state index contributed by atoms with van der Waals surface area (Å²) in [4.78, 5) is 20.9. The van der Waals surface area contributed by atoms with Gasteiger partial charge in [0.05, 0.1) is 23.0 Å². The third-order valence-corrected chi connectivity index (χ3v) is 2.34. The predicted octanol–water partition coefficient (Wildman–Crippen LogP) is 1.66. The van der Waals surface area contributed by atoms with Crippen LogP contribution in [0.2, 0.25) is 0 Å². The molecule has 0 radical (unpaired) electrons. The average Bonchev–Trinajstić information content (AvgIpc) is 2.26. The second-order valence-electron chi connectivity index (χ2n) is 3.43. The summed E-state index contributed by atoms with van der Waals surface area (Å²) in [6.45, 7) is 1.71. The van der Waals surface area contributed by atoms with Crippen LogP contribution in [0.3, 0.4) is 0 Å². The van der Waals surface area contributed by atoms with Gasteiger partial charge in [0, 0.05) is 11.6 Å². The maximum Gasteiger partial charge on any atom is 0.307 e. The Morgan fingerprint density at radius 3 is 2.65 bits per heavy atom. The van der Waals surface area contributed by atoms with E-state index < -0.39 is 10.9 Å². The van der Waals surface area contributed by atoms with Gasteiger partial charge < -0.3 is 5.11 Å². The number of benzene rings is 1. The molecule has 6 nitrogen and oxygen atoms in total. The number of nitro benzene ring substituents is 1. The topological polar surface area (TPSA) is 104 Å². The zero-order valence-corrected chi connectivity index (χ0v) is 9.14. The average molecular weight is 234 g/mol. The van der Waals surface area contributed by atoms with Crippen molar-refractivity contribution in [1.82, 2.24) is 0 Å². The van der Waals surface area contributed by atoms with Gasteiger partial charge in [-0.3, -0.25) is 14.9 Å². The molecule has 1 aromatic carbocycles. The highest BCUT2D eigenvalue weighted by Crippen LogP contribution is 2.25. The molecule has 0 fully saturated rings. The summed E-state index contributed by atoms with van der Waals surface area (Å²) in [7, 11) is 0. The summed E-state index contributed by atoms with van der Waals surface area (Å²) >= 11 is 0. The number of carbonyl (C=O) groups is 1. The maximum atomic E-state index is 10.8. The Kier molecular flexibility index (Phi) is 3.78. The first kappa shape index (κ1) is 12.6. The van der Waals surface area contributed by atoms with Crippen LogP contribution >= 0.6 is 0 Å². The lowest BCUT2D eigenvalue weighted by atomic mass is 9.98. The number of carboxylic acid groups (broad SMARTS) is 1. The van der Waals surface area contributed by atoms with Gasteiger partial charge in [-0.2, -0.15) is 5.26 Å². The number of nitriles is 1. The molecular formula is C11H10N2O4. The highest BCUT2D eigenvalue weighted by molar-refractivity contribution is 5.72. The van der Waals surface area contributed by atoms with Crippen LogP contribution in [-0.4, -0.2) is 16.0 Å². The van der Waals surface area contributed by atoms with Crippen molar-refractivity contribution < 1.29 is 14.8 Å². The fraction of sp³-hybridized carbons (Fsp3) is 0.273. The lowest BCUT2D eigenvalue weighted by molar-refractivity contribution is -0.385. The maximum absolute atomic E-state index is 10.8. The predicted molar refractivity (Wildman–Crippen MR) is 58.5 cm³/mol. The quantitative estimate of drug-likeness (QED) is 0.630. The molecule has 0 heterocycles. The van der Waals surface area contributed by atoms with Gasteiger partial charge in [0.2, 0.25) is 0 Å². The van der Waals surface area contributed by atoms with Crippen LogP contribution in [-0.2, 0) is 17.6 Å². The smallest absolute Gasteiger partial charge is 0.307 e. The van der Waals surface area contributed by atoms with Crippen molar-refractivity contribution in [1.29, 1.82) is 5.26 Å². The van der Waals surface area contributed by atoms with E-state index in [9.17, 15) is 14.9 Å². The first-order chi connectivity index (χ1) is 7.99. The van der Waals surface area contributed by atoms with Crippen LogP contribution in [0.5, 0.6) is 0 Å². The van der Waals surface area contributed by atoms with Crippen LogP contribution in [0.1, 0.15) is 23.6 Å². The molecule has 0 spiro atoms. The molecule has 0 atom stereocenters. The van der Waals surface area contributed by atoms with E-state index in [1.165, 1.54) is 12.1 Å². The van der Waals surface area contributed by atoms with E-state index >= 15 is 0 Å². The van der Waals surface area contributed by atoms with Gasteiger partial charge in [-0.15, -0.1) is 0 Å². The van der Waals surface area contributed by atoms with Crippen LogP contribution < -0.4 is 0 Å². The number of nitro groups is 1. The molecule has 17 heavy (non-hydrogen) atoms. The molecule has 1 rings (SSSR count). The molecule has 0 saturated carbocycles. The molecule has 1 N–H and O–H groups in total. The van der Waals surface area contributed by atoms with E-state index in [-0.39, 0.29) is 17.7 Å². The standard InChI is InChI=1S/C11H10N2O4/c1-2-9-8(5-11(14)15)3-7(6-12)4-10(9)13(16)17/h3-4H,2,5H2,1H3,(H,14,15). The van der Waals surface area contributed by atoms with E-state index in [4.69, 9.17) is 10.4 Å². The Labute approximate surface area is 97.3 Å². The summed E-state index contributed by atoms with van der Waals surface area (Å²) in [5.74, 6) is -1.08. The lowest BCUT2D eigenvalue weighted by Gasteiger charge is -2.07. The molecule has 0 aliphatic heterocycles. The summed E-state index contributed by atoms with van der Waals surface area (Å²) < 4.78 is 0. The molecule has 0 aromatic heterocycles. The number of carboxylic acids is 1. The SMILES string of the molecule is CCc1c(CC(=O)O)cc(C#N)cc1[N+](=O)[O-]. The number of aliphatic carboxylic acids is 1. The Balaban J connectivity index is 3.45. The fourth-order valence-corrected chi connectivity index (χ4v) is 1.67. The molecule has 0 saturated heterocycles. The van der Waals surface area contributed by atoms with Crippen molar-refractivity contribution in [2.75, 3.05) is 0 Å². The van der Waals surface area contributed by atoms with Crippen molar-refractivity contribution in [2.24, 2.45) is 0 Å². The fourth-order valence-electron chi connectivity index (χ4n) is 1.67. The highest BCUT2D eigenvalue weighted by Gasteiger charge is 2.19. The molecule has 6 heteroatoms. The second-order valence-corrected chi connectivity index (χ2v) is 3.43. The monoisotopic (exact) mass is 234 g/mol. The van der Waals surface area contributed by atoms with Gasteiger partial charge in [-0.05, 0) is 18.1 Å². The van der Waals surface area contributed by atoms with Crippen LogP contribution in [0, 0.1) is 21.4 Å². The van der Waals surface area contributed by atoms with Crippen molar-refractivity contribution >= 4 is 11.7 Å². The van der Waals surface area contributed by atoms with E-state index in [0.29, 0.717) is 17.5 Å². The minimum atomic E-state index is -1.08. The Bertz CT molecular complexity index is 517. The van der Waals surface area contributed by atoms with E-state index in [1.807, 2.05) is 0 Å². The molecule has 0 aliphatic carbocycles. The van der Waals surface area contributed by atoms with Crippen LogP contribution in [0.25, 0.3) is 0 Å². The van der Waals surface area contributed by atoms with Gasteiger partial charge in [-0.1, -0.05) is 6.92 Å². The minimum Gasteiger partial charge on any atom is -0.481 e. The zero-order valence-electron chi connectivity index (χ0n) is 9.14.